The fraction of sp³-hybridized carbons (Fsp3) is 0.478. The number of sulfonamides is 1. The van der Waals surface area contributed by atoms with E-state index in [-0.39, 0.29) is 36.5 Å². The van der Waals surface area contributed by atoms with Crippen molar-refractivity contribution in [3.63, 3.8) is 0 Å². The molecule has 0 spiro atoms. The smallest absolute Gasteiger partial charge is 0.269 e. The Labute approximate surface area is 189 Å². The number of benzene rings is 2. The molecule has 1 saturated heterocycles. The summed E-state index contributed by atoms with van der Waals surface area (Å²) in [7, 11) is -1.70. The molecule has 8 nitrogen and oxygen atoms in total. The van der Waals surface area contributed by atoms with Crippen LogP contribution in [0.15, 0.2) is 53.4 Å². The van der Waals surface area contributed by atoms with Gasteiger partial charge in [-0.25, -0.2) is 8.42 Å². The van der Waals surface area contributed by atoms with Crippen molar-refractivity contribution in [2.75, 3.05) is 20.1 Å². The number of piperidine rings is 1. The summed E-state index contributed by atoms with van der Waals surface area (Å²) in [5.41, 5.74) is 0.669. The van der Waals surface area contributed by atoms with E-state index in [1.165, 1.54) is 28.6 Å². The molecule has 1 fully saturated rings. The first-order valence-corrected chi connectivity index (χ1v) is 12.3. The topological polar surface area (TPSA) is 104 Å². The van der Waals surface area contributed by atoms with Gasteiger partial charge in [0.15, 0.2) is 0 Å². The molecule has 2 aromatic rings. The maximum atomic E-state index is 13.0. The van der Waals surface area contributed by atoms with Gasteiger partial charge in [-0.15, -0.1) is 0 Å². The molecule has 0 amide bonds. The standard InChI is InChI=1S/C23H31N3O5S/c1-4-18(2)24(3)17-19-6-5-7-20(16-19)23(27)12-14-25(15-13-23)32(30,31)22-10-8-21(9-11-22)26(28)29/h5-11,16,18,27H,4,12-15,17H2,1-3H3/t18-/m0/s1. The molecule has 0 aliphatic carbocycles. The van der Waals surface area contributed by atoms with E-state index in [9.17, 15) is 23.6 Å². The van der Waals surface area contributed by atoms with Crippen molar-refractivity contribution < 1.29 is 18.4 Å². The molecule has 1 aliphatic heterocycles. The molecule has 0 unspecified atom stereocenters. The van der Waals surface area contributed by atoms with Crippen molar-refractivity contribution in [1.29, 1.82) is 0 Å². The van der Waals surface area contributed by atoms with Crippen LogP contribution in [0.1, 0.15) is 44.2 Å². The average Bonchev–Trinajstić information content (AvgIpc) is 2.79. The summed E-state index contributed by atoms with van der Waals surface area (Å²) in [5.74, 6) is 0. The number of nitro groups is 1. The molecule has 32 heavy (non-hydrogen) atoms. The molecule has 1 atom stereocenters. The summed E-state index contributed by atoms with van der Waals surface area (Å²) in [6.45, 7) is 5.45. The van der Waals surface area contributed by atoms with E-state index in [4.69, 9.17) is 0 Å². The van der Waals surface area contributed by atoms with Crippen LogP contribution >= 0.6 is 0 Å². The molecule has 174 valence electrons. The highest BCUT2D eigenvalue weighted by molar-refractivity contribution is 7.89. The van der Waals surface area contributed by atoms with Gasteiger partial charge >= 0.3 is 0 Å². The van der Waals surface area contributed by atoms with Crippen LogP contribution in [0.5, 0.6) is 0 Å². The zero-order valence-corrected chi connectivity index (χ0v) is 19.6. The minimum absolute atomic E-state index is 0.0172. The third-order valence-electron chi connectivity index (χ3n) is 6.47. The Morgan fingerprint density at radius 2 is 1.81 bits per heavy atom. The van der Waals surface area contributed by atoms with Crippen LogP contribution in [-0.4, -0.2) is 53.8 Å². The van der Waals surface area contributed by atoms with E-state index in [0.717, 1.165) is 24.1 Å². The quantitative estimate of drug-likeness (QED) is 0.477. The van der Waals surface area contributed by atoms with E-state index in [1.54, 1.807) is 0 Å². The number of rotatable bonds is 8. The second-order valence-corrected chi connectivity index (χ2v) is 10.5. The van der Waals surface area contributed by atoms with Gasteiger partial charge in [0.1, 0.15) is 0 Å². The molecule has 0 saturated carbocycles. The minimum atomic E-state index is -3.78. The second-order valence-electron chi connectivity index (χ2n) is 8.56. The zero-order chi connectivity index (χ0) is 23.5. The van der Waals surface area contributed by atoms with Crippen LogP contribution in [-0.2, 0) is 22.2 Å². The van der Waals surface area contributed by atoms with Crippen molar-refractivity contribution in [3.8, 4) is 0 Å². The first kappa shape index (κ1) is 24.3. The summed E-state index contributed by atoms with van der Waals surface area (Å²) >= 11 is 0. The average molecular weight is 462 g/mol. The maximum absolute atomic E-state index is 13.0. The predicted molar refractivity (Wildman–Crippen MR) is 123 cm³/mol. The van der Waals surface area contributed by atoms with Crippen LogP contribution in [0, 0.1) is 10.1 Å². The molecule has 1 N–H and O–H groups in total. The molecule has 3 rings (SSSR count). The van der Waals surface area contributed by atoms with E-state index in [2.05, 4.69) is 25.8 Å². The summed E-state index contributed by atoms with van der Waals surface area (Å²) < 4.78 is 27.2. The highest BCUT2D eigenvalue weighted by Crippen LogP contribution is 2.35. The third kappa shape index (κ3) is 5.17. The molecular formula is C23H31N3O5S. The van der Waals surface area contributed by atoms with Crippen LogP contribution in [0.3, 0.4) is 0 Å². The molecule has 2 aromatic carbocycles. The SMILES string of the molecule is CC[C@H](C)N(C)Cc1cccc(C2(O)CCN(S(=O)(=O)c3ccc([N+](=O)[O-])cc3)CC2)c1. The first-order valence-electron chi connectivity index (χ1n) is 10.8. The van der Waals surface area contributed by atoms with Crippen molar-refractivity contribution in [1.82, 2.24) is 9.21 Å². The number of aliphatic hydroxyl groups is 1. The number of hydrogen-bond donors (Lipinski definition) is 1. The van der Waals surface area contributed by atoms with Gasteiger partial charge in [-0.05, 0) is 56.5 Å². The Morgan fingerprint density at radius 3 is 2.38 bits per heavy atom. The molecule has 0 aromatic heterocycles. The summed E-state index contributed by atoms with van der Waals surface area (Å²) in [6, 6.07) is 13.2. The monoisotopic (exact) mass is 461 g/mol. The van der Waals surface area contributed by atoms with Gasteiger partial charge in [0, 0.05) is 37.8 Å². The lowest BCUT2D eigenvalue weighted by molar-refractivity contribution is -0.384. The Balaban J connectivity index is 1.71. The van der Waals surface area contributed by atoms with Crippen LogP contribution in [0.25, 0.3) is 0 Å². The Hall–Kier alpha value is -2.33. The lowest BCUT2D eigenvalue weighted by Crippen LogP contribution is -2.45. The fourth-order valence-corrected chi connectivity index (χ4v) is 5.43. The number of nitrogens with zero attached hydrogens (tertiary/aromatic N) is 3. The van der Waals surface area contributed by atoms with E-state index < -0.39 is 20.5 Å². The van der Waals surface area contributed by atoms with Gasteiger partial charge in [-0.2, -0.15) is 4.31 Å². The fourth-order valence-electron chi connectivity index (χ4n) is 3.99. The molecule has 9 heteroatoms. The van der Waals surface area contributed by atoms with Crippen molar-refractivity contribution >= 4 is 15.7 Å². The van der Waals surface area contributed by atoms with Gasteiger partial charge in [-0.1, -0.05) is 31.2 Å². The molecule has 1 heterocycles. The lowest BCUT2D eigenvalue weighted by atomic mass is 9.84. The Kier molecular flexibility index (Phi) is 7.34. The van der Waals surface area contributed by atoms with Gasteiger partial charge in [0.2, 0.25) is 10.0 Å². The molecule has 1 aliphatic rings. The summed E-state index contributed by atoms with van der Waals surface area (Å²) in [6.07, 6.45) is 1.62. The van der Waals surface area contributed by atoms with E-state index >= 15 is 0 Å². The summed E-state index contributed by atoms with van der Waals surface area (Å²) in [5, 5.41) is 22.1. The van der Waals surface area contributed by atoms with Crippen LogP contribution in [0.4, 0.5) is 5.69 Å². The van der Waals surface area contributed by atoms with E-state index in [1.807, 2.05) is 24.3 Å². The van der Waals surface area contributed by atoms with E-state index in [0.29, 0.717) is 6.04 Å². The van der Waals surface area contributed by atoms with Crippen LogP contribution in [0.2, 0.25) is 0 Å². The highest BCUT2D eigenvalue weighted by Gasteiger charge is 2.38. The van der Waals surface area contributed by atoms with Gasteiger partial charge in [0.05, 0.1) is 15.4 Å². The zero-order valence-electron chi connectivity index (χ0n) is 18.8. The minimum Gasteiger partial charge on any atom is -0.385 e. The number of nitro benzene ring substituents is 1. The third-order valence-corrected chi connectivity index (χ3v) is 8.39. The van der Waals surface area contributed by atoms with Crippen molar-refractivity contribution in [2.24, 2.45) is 0 Å². The van der Waals surface area contributed by atoms with Gasteiger partial charge in [-0.3, -0.25) is 15.0 Å². The largest absolute Gasteiger partial charge is 0.385 e. The van der Waals surface area contributed by atoms with Crippen molar-refractivity contribution in [2.45, 2.75) is 56.2 Å². The Morgan fingerprint density at radius 1 is 1.19 bits per heavy atom. The molecular weight excluding hydrogens is 430 g/mol. The Bertz CT molecular complexity index is 1050. The maximum Gasteiger partial charge on any atom is 0.269 e. The number of non-ortho nitro benzene ring substituents is 1. The van der Waals surface area contributed by atoms with Gasteiger partial charge in [0.25, 0.3) is 5.69 Å². The predicted octanol–water partition coefficient (Wildman–Crippen LogP) is 3.50. The molecule has 0 bridgehead atoms. The highest BCUT2D eigenvalue weighted by atomic mass is 32.2. The van der Waals surface area contributed by atoms with Crippen LogP contribution < -0.4 is 0 Å². The normalized spacial score (nSPS) is 17.9. The molecule has 0 radical (unpaired) electrons. The number of hydrogen-bond acceptors (Lipinski definition) is 6. The lowest BCUT2D eigenvalue weighted by Gasteiger charge is -2.38. The second kappa shape index (κ2) is 9.66. The summed E-state index contributed by atoms with van der Waals surface area (Å²) in [4.78, 5) is 12.5. The first-order chi connectivity index (χ1) is 15.1. The van der Waals surface area contributed by atoms with Gasteiger partial charge < -0.3 is 5.11 Å². The van der Waals surface area contributed by atoms with Crippen molar-refractivity contribution in [3.05, 3.63) is 69.8 Å².